The molecule has 3 heterocycles. The quantitative estimate of drug-likeness (QED) is 0.384. The molecule has 0 aliphatic carbocycles. The Bertz CT molecular complexity index is 1560. The zero-order valence-electron chi connectivity index (χ0n) is 25.7. The number of benzene rings is 1. The van der Waals surface area contributed by atoms with Gasteiger partial charge in [0.15, 0.2) is 11.7 Å². The predicted molar refractivity (Wildman–Crippen MR) is 163 cm³/mol. The maximum Gasteiger partial charge on any atom is 0.338 e. The van der Waals surface area contributed by atoms with Crippen LogP contribution >= 0.6 is 11.6 Å². The van der Waals surface area contributed by atoms with Crippen molar-refractivity contribution in [1.82, 2.24) is 25.0 Å². The summed E-state index contributed by atoms with van der Waals surface area (Å²) in [5, 5.41) is 13.2. The molecule has 0 unspecified atom stereocenters. The van der Waals surface area contributed by atoms with Crippen molar-refractivity contribution in [3.8, 4) is 0 Å². The van der Waals surface area contributed by atoms with Crippen molar-refractivity contribution in [3.05, 3.63) is 87.9 Å². The minimum absolute atomic E-state index is 0.0434. The molecule has 2 N–H and O–H groups in total. The summed E-state index contributed by atoms with van der Waals surface area (Å²) in [6.45, 7) is 13.7. The molecule has 2 aliphatic rings. The number of piperazine rings is 1. The van der Waals surface area contributed by atoms with Gasteiger partial charge >= 0.3 is 11.9 Å². The molecule has 2 aliphatic heterocycles. The molecule has 2 aromatic rings. The topological polar surface area (TPSA) is 111 Å². The number of esters is 1. The number of rotatable bonds is 9. The van der Waals surface area contributed by atoms with E-state index in [1.807, 2.05) is 32.6 Å². The molecule has 1 fully saturated rings. The van der Waals surface area contributed by atoms with Gasteiger partial charge in [0.25, 0.3) is 0 Å². The third-order valence-corrected chi connectivity index (χ3v) is 8.09. The van der Waals surface area contributed by atoms with Crippen LogP contribution in [0.1, 0.15) is 45.0 Å². The van der Waals surface area contributed by atoms with Crippen LogP contribution in [0.2, 0.25) is 5.02 Å². The number of carbonyl (C=O) groups is 2. The monoisotopic (exact) mass is 648 g/mol. The van der Waals surface area contributed by atoms with Crippen LogP contribution in [-0.4, -0.2) is 94.0 Å². The van der Waals surface area contributed by atoms with E-state index in [0.717, 1.165) is 25.4 Å². The summed E-state index contributed by atoms with van der Waals surface area (Å²) in [4.78, 5) is 39.9. The molecule has 1 aromatic heterocycles. The lowest BCUT2D eigenvalue weighted by Crippen LogP contribution is -2.59. The van der Waals surface area contributed by atoms with E-state index >= 15 is 0 Å². The molecule has 45 heavy (non-hydrogen) atoms. The summed E-state index contributed by atoms with van der Waals surface area (Å²) >= 11 is 6.39. The number of carboxylic acid groups (broad SMARTS) is 1. The van der Waals surface area contributed by atoms with Gasteiger partial charge < -0.3 is 25.0 Å². The SMILES string of the molecule is C=C(N1CCN(CC2=C(C(=O)OC)[C@H](c3ccc(F)cc3Cl)N=C(c3ncc(F)cc3F)N2)[C@H](C(=O)O)C1)N(CC)C(C)(C)C. The summed E-state index contributed by atoms with van der Waals surface area (Å²) in [6.07, 6.45) is 0.811. The fraction of sp³-hybridized carbons (Fsp3) is 0.419. The second-order valence-electron chi connectivity index (χ2n) is 11.6. The van der Waals surface area contributed by atoms with Crippen molar-refractivity contribution in [2.75, 3.05) is 39.8 Å². The van der Waals surface area contributed by atoms with Gasteiger partial charge in [-0.1, -0.05) is 24.2 Å². The lowest BCUT2D eigenvalue weighted by Gasteiger charge is -2.47. The van der Waals surface area contributed by atoms with Crippen LogP contribution in [0.4, 0.5) is 13.2 Å². The molecule has 242 valence electrons. The fourth-order valence-electron chi connectivity index (χ4n) is 5.62. The highest BCUT2D eigenvalue weighted by Gasteiger charge is 2.39. The number of aliphatic imine (C=N–C) groups is 1. The Balaban J connectivity index is 1.77. The molecule has 1 saturated heterocycles. The predicted octanol–water partition coefficient (Wildman–Crippen LogP) is 4.33. The first kappa shape index (κ1) is 33.8. The standard InChI is InChI=1S/C31H36ClF3N6O4/c1-7-41(31(3,4)5)17(2)39-10-11-40(24(16-39)29(42)43)15-23-25(30(44)45-6)26(20-9-8-18(33)12-21(20)32)38-28(37-23)27-22(35)13-19(34)14-36-27/h8-9,12-14,24,26H,2,7,10-11,15-16H2,1,3-6H3,(H,37,38)(H,42,43)/t24-,26-/m0/s1. The van der Waals surface area contributed by atoms with E-state index in [-0.39, 0.29) is 58.6 Å². The van der Waals surface area contributed by atoms with Crippen molar-refractivity contribution in [2.45, 2.75) is 45.3 Å². The molecule has 10 nitrogen and oxygen atoms in total. The Morgan fingerprint density at radius 1 is 1.20 bits per heavy atom. The minimum atomic E-state index is -1.22. The summed E-state index contributed by atoms with van der Waals surface area (Å²) in [5.41, 5.74) is -0.289. The second kappa shape index (κ2) is 13.5. The number of hydrogen-bond donors (Lipinski definition) is 2. The molecule has 2 atom stereocenters. The Hall–Kier alpha value is -4.10. The third-order valence-electron chi connectivity index (χ3n) is 7.76. The number of aliphatic carboxylic acids is 1. The Morgan fingerprint density at radius 3 is 2.49 bits per heavy atom. The summed E-state index contributed by atoms with van der Waals surface area (Å²) in [7, 11) is 1.16. The first-order valence-electron chi connectivity index (χ1n) is 14.3. The van der Waals surface area contributed by atoms with Crippen molar-refractivity contribution < 1.29 is 32.6 Å². The van der Waals surface area contributed by atoms with Crippen LogP contribution in [0.3, 0.4) is 0 Å². The van der Waals surface area contributed by atoms with Crippen LogP contribution in [0.5, 0.6) is 0 Å². The first-order chi connectivity index (χ1) is 21.2. The van der Waals surface area contributed by atoms with Gasteiger partial charge in [-0.25, -0.2) is 22.9 Å². The maximum atomic E-state index is 15.0. The van der Waals surface area contributed by atoms with E-state index in [2.05, 4.69) is 26.8 Å². The van der Waals surface area contributed by atoms with Gasteiger partial charge in [-0.3, -0.25) is 14.7 Å². The zero-order chi connectivity index (χ0) is 33.2. The van der Waals surface area contributed by atoms with Crippen molar-refractivity contribution >= 4 is 29.4 Å². The van der Waals surface area contributed by atoms with Crippen molar-refractivity contribution in [1.29, 1.82) is 0 Å². The molecule has 0 saturated carbocycles. The number of methoxy groups -OCH3 is 1. The largest absolute Gasteiger partial charge is 0.480 e. The first-order valence-corrected chi connectivity index (χ1v) is 14.6. The average Bonchev–Trinajstić information content (AvgIpc) is 2.96. The number of nitrogens with zero attached hydrogens (tertiary/aromatic N) is 5. The summed E-state index contributed by atoms with van der Waals surface area (Å²) < 4.78 is 47.8. The van der Waals surface area contributed by atoms with Crippen molar-refractivity contribution in [3.63, 3.8) is 0 Å². The fourth-order valence-corrected chi connectivity index (χ4v) is 5.90. The lowest BCUT2D eigenvalue weighted by atomic mass is 9.94. The van der Waals surface area contributed by atoms with E-state index in [9.17, 15) is 27.9 Å². The minimum Gasteiger partial charge on any atom is -0.480 e. The summed E-state index contributed by atoms with van der Waals surface area (Å²) in [5.74, 6) is -3.95. The van der Waals surface area contributed by atoms with Crippen LogP contribution in [0.15, 0.2) is 59.1 Å². The Kier molecular flexibility index (Phi) is 10.1. The van der Waals surface area contributed by atoms with Crippen molar-refractivity contribution in [2.24, 2.45) is 4.99 Å². The highest BCUT2D eigenvalue weighted by Crippen LogP contribution is 2.37. The number of nitrogens with one attached hydrogen (secondary N) is 1. The van der Waals surface area contributed by atoms with Gasteiger partial charge in [0.05, 0.1) is 24.7 Å². The van der Waals surface area contributed by atoms with E-state index in [0.29, 0.717) is 25.0 Å². The summed E-state index contributed by atoms with van der Waals surface area (Å²) in [6, 6.07) is 1.89. The molecule has 1 aromatic carbocycles. The van der Waals surface area contributed by atoms with Crippen LogP contribution in [0.25, 0.3) is 0 Å². The smallest absolute Gasteiger partial charge is 0.338 e. The molecule has 14 heteroatoms. The normalized spacial score (nSPS) is 19.1. The third kappa shape index (κ3) is 7.25. The molecular formula is C31H36ClF3N6O4. The Morgan fingerprint density at radius 2 is 1.91 bits per heavy atom. The van der Waals surface area contributed by atoms with E-state index in [4.69, 9.17) is 16.3 Å². The number of carbonyl (C=O) groups excluding carboxylic acids is 1. The number of aromatic nitrogens is 1. The van der Waals surface area contributed by atoms with Crippen LogP contribution < -0.4 is 5.32 Å². The molecule has 0 bridgehead atoms. The second-order valence-corrected chi connectivity index (χ2v) is 12.0. The highest BCUT2D eigenvalue weighted by molar-refractivity contribution is 6.31. The van der Waals surface area contributed by atoms with Gasteiger partial charge in [0.2, 0.25) is 0 Å². The zero-order valence-corrected chi connectivity index (χ0v) is 26.5. The van der Waals surface area contributed by atoms with Crippen LogP contribution in [-0.2, 0) is 14.3 Å². The van der Waals surface area contributed by atoms with E-state index in [1.54, 1.807) is 4.90 Å². The molecule has 4 rings (SSSR count). The number of hydrogen-bond acceptors (Lipinski definition) is 9. The molecule has 0 amide bonds. The number of pyridine rings is 1. The Labute approximate surface area is 264 Å². The van der Waals surface area contributed by atoms with E-state index in [1.165, 1.54) is 6.07 Å². The van der Waals surface area contributed by atoms with Gasteiger partial charge in [-0.05, 0) is 39.8 Å². The molecule has 0 spiro atoms. The van der Waals surface area contributed by atoms with Gasteiger partial charge in [-0.15, -0.1) is 0 Å². The lowest BCUT2D eigenvalue weighted by molar-refractivity contribution is -0.145. The highest BCUT2D eigenvalue weighted by atomic mass is 35.5. The number of halogens is 4. The van der Waals surface area contributed by atoms with E-state index < -0.39 is 41.5 Å². The maximum absolute atomic E-state index is 15.0. The van der Waals surface area contributed by atoms with Crippen LogP contribution in [0, 0.1) is 17.5 Å². The average molecular weight is 649 g/mol. The molecular weight excluding hydrogens is 613 g/mol. The number of ether oxygens (including phenoxy) is 1. The number of carboxylic acids is 1. The van der Waals surface area contributed by atoms with Gasteiger partial charge in [0, 0.05) is 60.6 Å². The van der Waals surface area contributed by atoms with Gasteiger partial charge in [-0.2, -0.15) is 0 Å². The van der Waals surface area contributed by atoms with Gasteiger partial charge in [0.1, 0.15) is 29.4 Å². The number of amidine groups is 1. The molecule has 0 radical (unpaired) electrons.